The summed E-state index contributed by atoms with van der Waals surface area (Å²) >= 11 is 0. The summed E-state index contributed by atoms with van der Waals surface area (Å²) in [7, 11) is 0. The van der Waals surface area contributed by atoms with Crippen molar-refractivity contribution >= 4 is 0 Å². The lowest BCUT2D eigenvalue weighted by Gasteiger charge is -2.11. The highest BCUT2D eigenvalue weighted by atomic mass is 14.9. The molecular weight excluding hydrogens is 376 g/mol. The van der Waals surface area contributed by atoms with E-state index in [1.807, 2.05) is 36.4 Å². The minimum atomic E-state index is 0.751. The molecule has 0 aliphatic rings. The van der Waals surface area contributed by atoms with Gasteiger partial charge in [-0.25, -0.2) is 9.97 Å². The Balaban J connectivity index is 1.63. The fourth-order valence-corrected chi connectivity index (χ4v) is 3.76. The summed E-state index contributed by atoms with van der Waals surface area (Å²) in [5.74, 6) is 0.751. The van der Waals surface area contributed by atoms with E-state index in [2.05, 4.69) is 85.8 Å². The summed E-state index contributed by atoms with van der Waals surface area (Å²) in [6.07, 6.45) is 0. The van der Waals surface area contributed by atoms with Crippen LogP contribution in [-0.4, -0.2) is 9.97 Å². The van der Waals surface area contributed by atoms with Crippen molar-refractivity contribution in [1.82, 2.24) is 9.97 Å². The summed E-state index contributed by atoms with van der Waals surface area (Å²) in [4.78, 5) is 9.87. The Labute approximate surface area is 182 Å². The van der Waals surface area contributed by atoms with E-state index in [-0.39, 0.29) is 0 Å². The molecule has 31 heavy (non-hydrogen) atoms. The smallest absolute Gasteiger partial charge is 0.160 e. The van der Waals surface area contributed by atoms with E-state index in [4.69, 9.17) is 9.97 Å². The lowest BCUT2D eigenvalue weighted by atomic mass is 10.0. The van der Waals surface area contributed by atoms with Crippen LogP contribution in [0.1, 0.15) is 5.56 Å². The second-order valence-electron chi connectivity index (χ2n) is 7.59. The quantitative estimate of drug-likeness (QED) is 0.314. The second kappa shape index (κ2) is 8.37. The summed E-state index contributed by atoms with van der Waals surface area (Å²) in [5.41, 5.74) is 8.64. The predicted molar refractivity (Wildman–Crippen MR) is 129 cm³/mol. The number of rotatable bonds is 4. The predicted octanol–water partition coefficient (Wildman–Crippen LogP) is 7.45. The fourth-order valence-electron chi connectivity index (χ4n) is 3.76. The van der Waals surface area contributed by atoms with Crippen molar-refractivity contribution in [2.75, 3.05) is 0 Å². The van der Waals surface area contributed by atoms with Crippen molar-refractivity contribution in [2.45, 2.75) is 6.92 Å². The third-order valence-corrected chi connectivity index (χ3v) is 5.47. The Hall–Kier alpha value is -4.04. The molecule has 5 aromatic rings. The highest BCUT2D eigenvalue weighted by molar-refractivity contribution is 5.74. The van der Waals surface area contributed by atoms with Gasteiger partial charge in [0, 0.05) is 16.7 Å². The van der Waals surface area contributed by atoms with E-state index in [0.717, 1.165) is 39.5 Å². The molecule has 1 heterocycles. The van der Waals surface area contributed by atoms with Crippen LogP contribution in [0.5, 0.6) is 0 Å². The van der Waals surface area contributed by atoms with E-state index in [9.17, 15) is 0 Å². The highest BCUT2D eigenvalue weighted by Gasteiger charge is 2.12. The van der Waals surface area contributed by atoms with Crippen LogP contribution in [0.15, 0.2) is 115 Å². The van der Waals surface area contributed by atoms with Crippen molar-refractivity contribution in [2.24, 2.45) is 0 Å². The second-order valence-corrected chi connectivity index (χ2v) is 7.59. The Morgan fingerprint density at radius 3 is 1.52 bits per heavy atom. The van der Waals surface area contributed by atoms with Gasteiger partial charge in [0.25, 0.3) is 0 Å². The lowest BCUT2D eigenvalue weighted by molar-refractivity contribution is 1.17. The Morgan fingerprint density at radius 2 is 0.903 bits per heavy atom. The zero-order chi connectivity index (χ0) is 21.0. The molecule has 0 spiro atoms. The summed E-state index contributed by atoms with van der Waals surface area (Å²) < 4.78 is 0. The van der Waals surface area contributed by atoms with E-state index in [1.54, 1.807) is 0 Å². The van der Waals surface area contributed by atoms with Gasteiger partial charge in [-0.2, -0.15) is 0 Å². The number of hydrogen-bond donors (Lipinski definition) is 0. The molecule has 0 unspecified atom stereocenters. The topological polar surface area (TPSA) is 25.8 Å². The molecule has 0 fully saturated rings. The van der Waals surface area contributed by atoms with Gasteiger partial charge in [-0.3, -0.25) is 0 Å². The van der Waals surface area contributed by atoms with Crippen LogP contribution in [0, 0.1) is 6.92 Å². The van der Waals surface area contributed by atoms with Crippen molar-refractivity contribution in [3.8, 4) is 45.0 Å². The van der Waals surface area contributed by atoms with E-state index in [1.165, 1.54) is 11.1 Å². The molecule has 0 aliphatic heterocycles. The third kappa shape index (κ3) is 4.01. The Bertz CT molecular complexity index is 1310. The average molecular weight is 399 g/mol. The standard InChI is InChI=1S/C29H22N2/c1-21-10-8-9-15-26(21)29-30-27(24-13-6-3-7-14-24)20-28(31-29)25-18-16-23(17-19-25)22-11-4-2-5-12-22/h2-20H,1H3. The number of aryl methyl sites for hydroxylation is 1. The van der Waals surface area contributed by atoms with Crippen molar-refractivity contribution in [3.05, 3.63) is 121 Å². The number of aromatic nitrogens is 2. The van der Waals surface area contributed by atoms with Gasteiger partial charge < -0.3 is 0 Å². The fraction of sp³-hybridized carbons (Fsp3) is 0.0345. The van der Waals surface area contributed by atoms with Crippen molar-refractivity contribution in [3.63, 3.8) is 0 Å². The molecule has 0 atom stereocenters. The SMILES string of the molecule is Cc1ccccc1-c1nc(-c2ccccc2)cc(-c2ccc(-c3ccccc3)cc2)n1. The molecule has 1 aromatic heterocycles. The molecule has 4 aromatic carbocycles. The van der Waals surface area contributed by atoms with E-state index < -0.39 is 0 Å². The Morgan fingerprint density at radius 1 is 0.452 bits per heavy atom. The molecule has 0 N–H and O–H groups in total. The molecule has 148 valence electrons. The van der Waals surface area contributed by atoms with Crippen molar-refractivity contribution in [1.29, 1.82) is 0 Å². The Kier molecular flexibility index (Phi) is 5.12. The monoisotopic (exact) mass is 398 g/mol. The molecule has 0 saturated carbocycles. The van der Waals surface area contributed by atoms with Gasteiger partial charge in [0.15, 0.2) is 5.82 Å². The van der Waals surface area contributed by atoms with Crippen LogP contribution in [0.25, 0.3) is 45.0 Å². The van der Waals surface area contributed by atoms with Gasteiger partial charge in [-0.15, -0.1) is 0 Å². The molecular formula is C29H22N2. The third-order valence-electron chi connectivity index (χ3n) is 5.47. The number of hydrogen-bond acceptors (Lipinski definition) is 2. The lowest BCUT2D eigenvalue weighted by Crippen LogP contribution is -1.97. The summed E-state index contributed by atoms with van der Waals surface area (Å²) in [5, 5.41) is 0. The number of nitrogens with zero attached hydrogens (tertiary/aromatic N) is 2. The summed E-state index contributed by atoms with van der Waals surface area (Å²) in [6.45, 7) is 2.10. The highest BCUT2D eigenvalue weighted by Crippen LogP contribution is 2.30. The molecule has 0 saturated heterocycles. The molecule has 0 radical (unpaired) electrons. The van der Waals surface area contributed by atoms with Crippen LogP contribution in [0.3, 0.4) is 0 Å². The number of benzene rings is 4. The first-order valence-corrected chi connectivity index (χ1v) is 10.4. The molecule has 0 aliphatic carbocycles. The molecule has 2 nitrogen and oxygen atoms in total. The molecule has 0 bridgehead atoms. The maximum Gasteiger partial charge on any atom is 0.160 e. The first kappa shape index (κ1) is 19.0. The minimum Gasteiger partial charge on any atom is -0.228 e. The zero-order valence-electron chi connectivity index (χ0n) is 17.4. The largest absolute Gasteiger partial charge is 0.228 e. The van der Waals surface area contributed by atoms with Crippen LogP contribution in [-0.2, 0) is 0 Å². The van der Waals surface area contributed by atoms with Crippen LogP contribution >= 0.6 is 0 Å². The average Bonchev–Trinajstić information content (AvgIpc) is 2.85. The van der Waals surface area contributed by atoms with Gasteiger partial charge in [0.1, 0.15) is 0 Å². The minimum absolute atomic E-state index is 0.751. The van der Waals surface area contributed by atoms with E-state index >= 15 is 0 Å². The van der Waals surface area contributed by atoms with Crippen LogP contribution < -0.4 is 0 Å². The first-order chi connectivity index (χ1) is 15.3. The van der Waals surface area contributed by atoms with Crippen molar-refractivity contribution < 1.29 is 0 Å². The van der Waals surface area contributed by atoms with Gasteiger partial charge in [-0.1, -0.05) is 109 Å². The van der Waals surface area contributed by atoms with Crippen LogP contribution in [0.2, 0.25) is 0 Å². The first-order valence-electron chi connectivity index (χ1n) is 10.4. The van der Waals surface area contributed by atoms with Gasteiger partial charge >= 0.3 is 0 Å². The molecule has 2 heteroatoms. The maximum absolute atomic E-state index is 4.95. The van der Waals surface area contributed by atoms with Gasteiger partial charge in [-0.05, 0) is 29.7 Å². The van der Waals surface area contributed by atoms with Gasteiger partial charge in [0.05, 0.1) is 11.4 Å². The van der Waals surface area contributed by atoms with Crippen LogP contribution in [0.4, 0.5) is 0 Å². The summed E-state index contributed by atoms with van der Waals surface area (Å²) in [6, 6.07) is 39.6. The molecule has 5 rings (SSSR count). The zero-order valence-corrected chi connectivity index (χ0v) is 17.4. The molecule has 0 amide bonds. The maximum atomic E-state index is 4.95. The van der Waals surface area contributed by atoms with Gasteiger partial charge in [0.2, 0.25) is 0 Å². The normalized spacial score (nSPS) is 10.7. The van der Waals surface area contributed by atoms with E-state index in [0.29, 0.717) is 0 Å².